The van der Waals surface area contributed by atoms with Gasteiger partial charge in [-0.2, -0.15) is 12.1 Å². The molecule has 0 amide bonds. The Morgan fingerprint density at radius 1 is 0.404 bits per heavy atom. The maximum Gasteiger partial charge on any atom is 4.00 e. The molecule has 0 N–H and O–H groups in total. The van der Waals surface area contributed by atoms with Gasteiger partial charge in [0, 0.05) is 10.2 Å². The van der Waals surface area contributed by atoms with Gasteiger partial charge in [0.25, 0.3) is 0 Å². The van der Waals surface area contributed by atoms with Gasteiger partial charge in [-0.25, -0.2) is 0 Å². The first-order valence-electron chi connectivity index (χ1n) is 15.4. The average molecular weight is 746 g/mol. The first-order chi connectivity index (χ1) is 21.7. The smallest absolute Gasteiger partial charge is 1.00 e. The van der Waals surface area contributed by atoms with Gasteiger partial charge in [-0.05, 0) is 32.7 Å². The molecule has 0 spiro atoms. The van der Waals surface area contributed by atoms with Crippen molar-refractivity contribution in [3.8, 4) is 22.3 Å². The molecule has 4 heteroatoms. The van der Waals surface area contributed by atoms with Crippen LogP contribution in [-0.4, -0.2) is 10.2 Å². The van der Waals surface area contributed by atoms with E-state index >= 15 is 0 Å². The van der Waals surface area contributed by atoms with Crippen molar-refractivity contribution in [2.75, 3.05) is 0 Å². The maximum absolute atomic E-state index is 2.97. The summed E-state index contributed by atoms with van der Waals surface area (Å²) in [5, 5.41) is 10.6. The fraction of sp³-hybridized carbons (Fsp3) is 0.116. The number of hydrogen-bond donors (Lipinski definition) is 0. The fourth-order valence-electron chi connectivity index (χ4n) is 6.16. The largest absolute Gasteiger partial charge is 4.00 e. The average Bonchev–Trinajstić information content (AvgIpc) is 3.67. The molecule has 0 nitrogen and oxygen atoms in total. The summed E-state index contributed by atoms with van der Waals surface area (Å²) < 4.78 is 0. The Morgan fingerprint density at radius 3 is 1.09 bits per heavy atom. The molecule has 0 aliphatic rings. The number of halogens is 2. The Hall–Kier alpha value is -3.26. The zero-order valence-corrected chi connectivity index (χ0v) is 32.6. The van der Waals surface area contributed by atoms with E-state index in [-0.39, 0.29) is 51.0 Å². The summed E-state index contributed by atoms with van der Waals surface area (Å²) in [7, 11) is 2.97. The van der Waals surface area contributed by atoms with Crippen molar-refractivity contribution in [3.05, 3.63) is 157 Å². The van der Waals surface area contributed by atoms with Crippen LogP contribution in [0.4, 0.5) is 0 Å². The standard InChI is InChI=1S/2C20H15.C2H6.CH3Si.2ClH.Zr/c2*1-14-12-16-8-5-11-19(20(16)13-14)18-10-4-7-15-6-2-3-9-17(15)18;2*1-2;;;/h2*2-13H,1H3;1-2H3;1H3;2*1H;/q2*-1;;;;;+4/p-2. The van der Waals surface area contributed by atoms with E-state index in [9.17, 15) is 0 Å². The molecule has 0 unspecified atom stereocenters. The van der Waals surface area contributed by atoms with Crippen LogP contribution in [0.1, 0.15) is 25.0 Å². The van der Waals surface area contributed by atoms with Gasteiger partial charge in [-0.1, -0.05) is 142 Å². The summed E-state index contributed by atoms with van der Waals surface area (Å²) in [5.74, 6) is 0. The van der Waals surface area contributed by atoms with Crippen molar-refractivity contribution in [2.24, 2.45) is 0 Å². The summed E-state index contributed by atoms with van der Waals surface area (Å²) in [5.41, 5.74) is 7.94. The second kappa shape index (κ2) is 18.9. The predicted molar refractivity (Wildman–Crippen MR) is 197 cm³/mol. The molecule has 0 heterocycles. The molecule has 8 rings (SSSR count). The normalized spacial score (nSPS) is 9.83. The minimum Gasteiger partial charge on any atom is -1.00 e. The van der Waals surface area contributed by atoms with Crippen molar-refractivity contribution in [2.45, 2.75) is 34.2 Å². The first-order valence-corrected chi connectivity index (χ1v) is 16.4. The molecule has 0 fully saturated rings. The molecule has 8 aromatic carbocycles. The summed E-state index contributed by atoms with van der Waals surface area (Å²) >= 11 is 0. The molecule has 0 bridgehead atoms. The number of fused-ring (bicyclic) bond motifs is 4. The van der Waals surface area contributed by atoms with Crippen LogP contribution in [0.15, 0.2) is 146 Å². The van der Waals surface area contributed by atoms with Crippen LogP contribution in [0.25, 0.3) is 65.3 Å². The van der Waals surface area contributed by atoms with E-state index in [0.29, 0.717) is 0 Å². The summed E-state index contributed by atoms with van der Waals surface area (Å²) in [6.45, 7) is 10.1. The molecule has 47 heavy (non-hydrogen) atoms. The Kier molecular flexibility index (Phi) is 16.1. The van der Waals surface area contributed by atoms with E-state index in [1.54, 1.807) is 6.55 Å². The molecule has 3 radical (unpaired) electrons. The SMILES string of the molecule is CC.C[Si].Cc1cc2c(-c3cccc4ccccc34)cccc2[cH-]1.Cc1cc2c(-c3cccc4ccccc34)cccc2[cH-]1.[Cl-].[Cl-].[Zr+4]. The Balaban J connectivity index is 0.000000280. The van der Waals surface area contributed by atoms with Crippen LogP contribution in [0.3, 0.4) is 0 Å². The van der Waals surface area contributed by atoms with Gasteiger partial charge in [-0.15, -0.1) is 69.1 Å². The monoisotopic (exact) mass is 743 g/mol. The number of benzene rings is 6. The zero-order chi connectivity index (χ0) is 31.1. The van der Waals surface area contributed by atoms with Gasteiger partial charge in [0.2, 0.25) is 0 Å². The third-order valence-electron chi connectivity index (χ3n) is 7.95. The van der Waals surface area contributed by atoms with Crippen molar-refractivity contribution >= 4 is 53.3 Å². The van der Waals surface area contributed by atoms with Crippen LogP contribution in [0, 0.1) is 13.8 Å². The summed E-state index contributed by atoms with van der Waals surface area (Å²) in [6, 6.07) is 52.5. The maximum atomic E-state index is 2.97. The topological polar surface area (TPSA) is 0 Å². The molecule has 0 aromatic heterocycles. The Morgan fingerprint density at radius 2 is 0.702 bits per heavy atom. The van der Waals surface area contributed by atoms with Crippen LogP contribution < -0.4 is 24.8 Å². The fourth-order valence-corrected chi connectivity index (χ4v) is 6.16. The molecule has 0 saturated carbocycles. The molecular weight excluding hydrogens is 707 g/mol. The molecular formula is C43H39Cl2SiZr. The first kappa shape index (κ1) is 39.9. The van der Waals surface area contributed by atoms with E-state index in [0.717, 1.165) is 0 Å². The third-order valence-corrected chi connectivity index (χ3v) is 7.95. The molecule has 0 aliphatic carbocycles. The van der Waals surface area contributed by atoms with Gasteiger partial charge in [0.1, 0.15) is 0 Å². The van der Waals surface area contributed by atoms with Crippen molar-refractivity contribution < 1.29 is 51.0 Å². The minimum absolute atomic E-state index is 0. The predicted octanol–water partition coefficient (Wildman–Crippen LogP) is 6.61. The summed E-state index contributed by atoms with van der Waals surface area (Å²) in [4.78, 5) is 0. The van der Waals surface area contributed by atoms with Crippen molar-refractivity contribution in [1.29, 1.82) is 0 Å². The van der Waals surface area contributed by atoms with Crippen molar-refractivity contribution in [3.63, 3.8) is 0 Å². The van der Waals surface area contributed by atoms with Gasteiger partial charge in [0.15, 0.2) is 0 Å². The Bertz CT molecular complexity index is 1990. The molecule has 0 atom stereocenters. The summed E-state index contributed by atoms with van der Waals surface area (Å²) in [6.07, 6.45) is 0. The second-order valence-electron chi connectivity index (χ2n) is 10.7. The van der Waals surface area contributed by atoms with Gasteiger partial charge in [0.05, 0.1) is 0 Å². The van der Waals surface area contributed by atoms with E-state index in [1.807, 2.05) is 13.8 Å². The van der Waals surface area contributed by atoms with E-state index in [1.165, 1.54) is 76.5 Å². The van der Waals surface area contributed by atoms with Gasteiger partial charge >= 0.3 is 26.2 Å². The van der Waals surface area contributed by atoms with Crippen LogP contribution in [0.2, 0.25) is 6.55 Å². The number of hydrogen-bond acceptors (Lipinski definition) is 0. The third kappa shape index (κ3) is 8.62. The van der Waals surface area contributed by atoms with Crippen LogP contribution in [0.5, 0.6) is 0 Å². The van der Waals surface area contributed by atoms with E-state index in [4.69, 9.17) is 0 Å². The molecule has 0 aliphatic heterocycles. The zero-order valence-electron chi connectivity index (χ0n) is 27.6. The second-order valence-corrected chi connectivity index (χ2v) is 10.7. The van der Waals surface area contributed by atoms with Crippen LogP contribution in [-0.2, 0) is 26.2 Å². The molecule has 0 saturated heterocycles. The quantitative estimate of drug-likeness (QED) is 0.138. The van der Waals surface area contributed by atoms with Crippen LogP contribution >= 0.6 is 0 Å². The van der Waals surface area contributed by atoms with E-state index in [2.05, 4.69) is 170 Å². The molecule has 8 aromatic rings. The molecule has 233 valence electrons. The Labute approximate surface area is 315 Å². The number of aryl methyl sites for hydroxylation is 2. The van der Waals surface area contributed by atoms with E-state index < -0.39 is 0 Å². The minimum atomic E-state index is 0. The number of rotatable bonds is 2. The van der Waals surface area contributed by atoms with Gasteiger partial charge < -0.3 is 24.8 Å². The van der Waals surface area contributed by atoms with Crippen molar-refractivity contribution in [1.82, 2.24) is 0 Å². The van der Waals surface area contributed by atoms with Gasteiger partial charge in [-0.3, -0.25) is 0 Å².